The number of carbonyl (C=O) groups is 1. The van der Waals surface area contributed by atoms with Crippen LogP contribution >= 0.6 is 0 Å². The predicted octanol–water partition coefficient (Wildman–Crippen LogP) is 2.83. The summed E-state index contributed by atoms with van der Waals surface area (Å²) < 4.78 is 7.17. The largest absolute Gasteiger partial charge is 0.456 e. The average Bonchev–Trinajstić information content (AvgIpc) is 3.10. The summed E-state index contributed by atoms with van der Waals surface area (Å²) in [4.78, 5) is 12.2. The van der Waals surface area contributed by atoms with Crippen molar-refractivity contribution in [2.45, 2.75) is 25.8 Å². The molecule has 1 fully saturated rings. The molecule has 0 aliphatic heterocycles. The van der Waals surface area contributed by atoms with E-state index in [9.17, 15) is 4.79 Å². The normalized spacial score (nSPS) is 14.0. The van der Waals surface area contributed by atoms with Gasteiger partial charge in [-0.25, -0.2) is 4.68 Å². The molecule has 7 heteroatoms. The lowest BCUT2D eigenvalue weighted by molar-refractivity contribution is 0.0995. The van der Waals surface area contributed by atoms with Crippen molar-refractivity contribution < 1.29 is 9.21 Å². The molecule has 1 aromatic carbocycles. The number of carbonyl (C=O) groups excluding carboxylic acids is 1. The van der Waals surface area contributed by atoms with Gasteiger partial charge in [0.05, 0.1) is 6.04 Å². The molecule has 1 saturated carbocycles. The SMILES string of the molecule is Cc1ccc(C(=O)Nc2cccc(-c3nnnn3C3CC3)c2)o1. The molecule has 0 atom stereocenters. The molecule has 0 spiro atoms. The second kappa shape index (κ2) is 5.35. The number of amides is 1. The Hall–Kier alpha value is -2.96. The maximum atomic E-state index is 12.2. The molecule has 1 N–H and O–H groups in total. The summed E-state index contributed by atoms with van der Waals surface area (Å²) in [5.41, 5.74) is 1.54. The minimum Gasteiger partial charge on any atom is -0.456 e. The monoisotopic (exact) mass is 309 g/mol. The Labute approximate surface area is 132 Å². The Balaban J connectivity index is 1.59. The molecular formula is C16H15N5O2. The van der Waals surface area contributed by atoms with Gasteiger partial charge in [0.15, 0.2) is 11.6 Å². The molecule has 0 saturated heterocycles. The van der Waals surface area contributed by atoms with Crippen LogP contribution in [0, 0.1) is 6.92 Å². The fourth-order valence-electron chi connectivity index (χ4n) is 2.43. The molecule has 3 aromatic rings. The number of furan rings is 1. The first kappa shape index (κ1) is 13.7. The zero-order chi connectivity index (χ0) is 15.8. The summed E-state index contributed by atoms with van der Waals surface area (Å²) >= 11 is 0. The van der Waals surface area contributed by atoms with Gasteiger partial charge in [0.2, 0.25) is 0 Å². The van der Waals surface area contributed by atoms with Crippen molar-refractivity contribution in [1.82, 2.24) is 20.2 Å². The van der Waals surface area contributed by atoms with Crippen LogP contribution in [0.15, 0.2) is 40.8 Å². The first-order chi connectivity index (χ1) is 11.2. The zero-order valence-corrected chi connectivity index (χ0v) is 12.6. The van der Waals surface area contributed by atoms with Gasteiger partial charge >= 0.3 is 0 Å². The van der Waals surface area contributed by atoms with Gasteiger partial charge in [-0.1, -0.05) is 12.1 Å². The number of hydrogen-bond acceptors (Lipinski definition) is 5. The topological polar surface area (TPSA) is 85.8 Å². The highest BCUT2D eigenvalue weighted by Gasteiger charge is 2.28. The molecule has 4 rings (SSSR count). The van der Waals surface area contributed by atoms with Gasteiger partial charge in [-0.15, -0.1) is 5.10 Å². The molecule has 116 valence electrons. The molecule has 23 heavy (non-hydrogen) atoms. The van der Waals surface area contributed by atoms with Crippen LogP contribution in [0.1, 0.15) is 35.2 Å². The minimum atomic E-state index is -0.281. The van der Waals surface area contributed by atoms with Crippen molar-refractivity contribution in [2.24, 2.45) is 0 Å². The number of tetrazole rings is 1. The number of aryl methyl sites for hydroxylation is 1. The zero-order valence-electron chi connectivity index (χ0n) is 12.6. The van der Waals surface area contributed by atoms with Gasteiger partial charge in [0.1, 0.15) is 5.76 Å². The fourth-order valence-corrected chi connectivity index (χ4v) is 2.43. The minimum absolute atomic E-state index is 0.281. The Morgan fingerprint density at radius 3 is 2.91 bits per heavy atom. The standard InChI is InChI=1S/C16H15N5O2/c1-10-5-8-14(23-10)16(22)17-12-4-2-3-11(9-12)15-18-19-20-21(15)13-6-7-13/h2-5,8-9,13H,6-7H2,1H3,(H,17,22). The van der Waals surface area contributed by atoms with Crippen LogP contribution < -0.4 is 5.32 Å². The summed E-state index contributed by atoms with van der Waals surface area (Å²) in [6.07, 6.45) is 2.21. The van der Waals surface area contributed by atoms with Gasteiger partial charge in [-0.05, 0) is 54.5 Å². The fraction of sp³-hybridized carbons (Fsp3) is 0.250. The van der Waals surface area contributed by atoms with Crippen molar-refractivity contribution in [2.75, 3.05) is 5.32 Å². The third-order valence-electron chi connectivity index (χ3n) is 3.73. The van der Waals surface area contributed by atoms with Crippen LogP contribution in [0.4, 0.5) is 5.69 Å². The highest BCUT2D eigenvalue weighted by molar-refractivity contribution is 6.02. The van der Waals surface area contributed by atoms with Gasteiger partial charge in [0.25, 0.3) is 5.91 Å². The highest BCUT2D eigenvalue weighted by Crippen LogP contribution is 2.36. The molecule has 0 unspecified atom stereocenters. The third-order valence-corrected chi connectivity index (χ3v) is 3.73. The number of nitrogens with zero attached hydrogens (tertiary/aromatic N) is 4. The lowest BCUT2D eigenvalue weighted by atomic mass is 10.2. The number of rotatable bonds is 4. The van der Waals surface area contributed by atoms with Crippen molar-refractivity contribution >= 4 is 11.6 Å². The summed E-state index contributed by atoms with van der Waals surface area (Å²) in [7, 11) is 0. The predicted molar refractivity (Wildman–Crippen MR) is 82.9 cm³/mol. The van der Waals surface area contributed by atoms with Crippen LogP contribution in [0.3, 0.4) is 0 Å². The Kier molecular flexibility index (Phi) is 3.18. The van der Waals surface area contributed by atoms with Crippen LogP contribution in [-0.4, -0.2) is 26.1 Å². The van der Waals surface area contributed by atoms with E-state index in [4.69, 9.17) is 4.42 Å². The lowest BCUT2D eigenvalue weighted by Crippen LogP contribution is -2.11. The van der Waals surface area contributed by atoms with E-state index in [1.165, 1.54) is 0 Å². The quantitative estimate of drug-likeness (QED) is 0.801. The van der Waals surface area contributed by atoms with E-state index < -0.39 is 0 Å². The van der Waals surface area contributed by atoms with Gasteiger partial charge in [-0.3, -0.25) is 4.79 Å². The molecule has 1 aliphatic carbocycles. The summed E-state index contributed by atoms with van der Waals surface area (Å²) in [5.74, 6) is 1.43. The van der Waals surface area contributed by atoms with Gasteiger partial charge in [-0.2, -0.15) is 0 Å². The van der Waals surface area contributed by atoms with E-state index in [0.717, 1.165) is 24.2 Å². The number of aromatic nitrogens is 4. The molecule has 2 aromatic heterocycles. The molecular weight excluding hydrogens is 294 g/mol. The Morgan fingerprint density at radius 2 is 2.17 bits per heavy atom. The van der Waals surface area contributed by atoms with E-state index in [0.29, 0.717) is 17.5 Å². The van der Waals surface area contributed by atoms with Crippen molar-refractivity contribution in [3.63, 3.8) is 0 Å². The Bertz CT molecular complexity index is 863. The Morgan fingerprint density at radius 1 is 1.30 bits per heavy atom. The molecule has 7 nitrogen and oxygen atoms in total. The van der Waals surface area contributed by atoms with Crippen LogP contribution in [0.2, 0.25) is 0 Å². The molecule has 1 amide bonds. The van der Waals surface area contributed by atoms with E-state index in [-0.39, 0.29) is 11.7 Å². The molecule has 2 heterocycles. The van der Waals surface area contributed by atoms with E-state index in [1.54, 1.807) is 19.1 Å². The second-order valence-electron chi connectivity index (χ2n) is 5.62. The maximum Gasteiger partial charge on any atom is 0.291 e. The maximum absolute atomic E-state index is 12.2. The van der Waals surface area contributed by atoms with Crippen LogP contribution in [-0.2, 0) is 0 Å². The second-order valence-corrected chi connectivity index (χ2v) is 5.62. The molecule has 0 bridgehead atoms. The number of anilines is 1. The van der Waals surface area contributed by atoms with Crippen LogP contribution in [0.5, 0.6) is 0 Å². The summed E-state index contributed by atoms with van der Waals surface area (Å²) in [6.45, 7) is 1.80. The molecule has 1 aliphatic rings. The number of nitrogens with one attached hydrogen (secondary N) is 1. The first-order valence-corrected chi connectivity index (χ1v) is 7.47. The van der Waals surface area contributed by atoms with Gasteiger partial charge < -0.3 is 9.73 Å². The summed E-state index contributed by atoms with van der Waals surface area (Å²) in [5, 5.41) is 14.7. The molecule has 0 radical (unpaired) electrons. The summed E-state index contributed by atoms with van der Waals surface area (Å²) in [6, 6.07) is 11.3. The van der Waals surface area contributed by atoms with Gasteiger partial charge in [0, 0.05) is 11.3 Å². The van der Waals surface area contributed by atoms with E-state index in [1.807, 2.05) is 28.9 Å². The third kappa shape index (κ3) is 2.73. The van der Waals surface area contributed by atoms with E-state index in [2.05, 4.69) is 20.8 Å². The van der Waals surface area contributed by atoms with E-state index >= 15 is 0 Å². The average molecular weight is 309 g/mol. The number of hydrogen-bond donors (Lipinski definition) is 1. The lowest BCUT2D eigenvalue weighted by Gasteiger charge is -2.06. The van der Waals surface area contributed by atoms with Crippen molar-refractivity contribution in [3.8, 4) is 11.4 Å². The first-order valence-electron chi connectivity index (χ1n) is 7.47. The van der Waals surface area contributed by atoms with Crippen LogP contribution in [0.25, 0.3) is 11.4 Å². The van der Waals surface area contributed by atoms with Crippen molar-refractivity contribution in [1.29, 1.82) is 0 Å². The number of benzene rings is 1. The highest BCUT2D eigenvalue weighted by atomic mass is 16.3. The smallest absolute Gasteiger partial charge is 0.291 e. The van der Waals surface area contributed by atoms with Crippen molar-refractivity contribution in [3.05, 3.63) is 47.9 Å².